The second-order valence-corrected chi connectivity index (χ2v) is 4.28. The van der Waals surface area contributed by atoms with Gasteiger partial charge in [0.2, 0.25) is 0 Å². The molecule has 3 nitrogen and oxygen atoms in total. The number of rotatable bonds is 2. The SMILES string of the molecule is COc1ccc(-c2conc2C(F)(F)F)cc1Br. The van der Waals surface area contributed by atoms with Crippen LogP contribution in [0.1, 0.15) is 5.69 Å². The van der Waals surface area contributed by atoms with Crippen LogP contribution in [0, 0.1) is 0 Å². The third kappa shape index (κ3) is 2.35. The molecule has 0 radical (unpaired) electrons. The van der Waals surface area contributed by atoms with E-state index >= 15 is 0 Å². The van der Waals surface area contributed by atoms with Crippen LogP contribution in [0.2, 0.25) is 0 Å². The number of halogens is 4. The van der Waals surface area contributed by atoms with E-state index in [0.717, 1.165) is 6.26 Å². The van der Waals surface area contributed by atoms with Gasteiger partial charge in [0.25, 0.3) is 0 Å². The maximum Gasteiger partial charge on any atom is 0.437 e. The van der Waals surface area contributed by atoms with E-state index in [2.05, 4.69) is 25.6 Å². The van der Waals surface area contributed by atoms with E-state index in [1.165, 1.54) is 19.2 Å². The van der Waals surface area contributed by atoms with E-state index in [1.54, 1.807) is 6.07 Å². The number of aromatic nitrogens is 1. The van der Waals surface area contributed by atoms with Crippen LogP contribution >= 0.6 is 15.9 Å². The monoisotopic (exact) mass is 321 g/mol. The molecule has 0 aliphatic carbocycles. The molecule has 0 saturated carbocycles. The second-order valence-electron chi connectivity index (χ2n) is 3.42. The zero-order valence-electron chi connectivity index (χ0n) is 9.08. The molecule has 1 aromatic heterocycles. The Kier molecular flexibility index (Phi) is 3.34. The number of alkyl halides is 3. The van der Waals surface area contributed by atoms with Gasteiger partial charge in [-0.15, -0.1) is 0 Å². The number of hydrogen-bond acceptors (Lipinski definition) is 3. The van der Waals surface area contributed by atoms with Gasteiger partial charge in [-0.2, -0.15) is 13.2 Å². The fraction of sp³-hybridized carbons (Fsp3) is 0.182. The van der Waals surface area contributed by atoms with Gasteiger partial charge in [-0.05, 0) is 33.6 Å². The summed E-state index contributed by atoms with van der Waals surface area (Å²) in [6.45, 7) is 0. The molecule has 0 saturated heterocycles. The van der Waals surface area contributed by atoms with Crippen LogP contribution in [-0.2, 0) is 6.18 Å². The molecule has 2 rings (SSSR count). The summed E-state index contributed by atoms with van der Waals surface area (Å²) < 4.78 is 47.9. The molecule has 0 unspecified atom stereocenters. The summed E-state index contributed by atoms with van der Waals surface area (Å²) >= 11 is 3.21. The van der Waals surface area contributed by atoms with Crippen LogP contribution in [-0.4, -0.2) is 12.3 Å². The third-order valence-corrected chi connectivity index (χ3v) is 2.92. The Morgan fingerprint density at radius 1 is 1.33 bits per heavy atom. The summed E-state index contributed by atoms with van der Waals surface area (Å²) in [5, 5.41) is 2.99. The highest BCUT2D eigenvalue weighted by Gasteiger charge is 2.37. The first-order valence-electron chi connectivity index (χ1n) is 4.79. The minimum absolute atomic E-state index is 0.106. The molecule has 0 aliphatic heterocycles. The smallest absolute Gasteiger partial charge is 0.437 e. The van der Waals surface area contributed by atoms with Crippen LogP contribution in [0.25, 0.3) is 11.1 Å². The third-order valence-electron chi connectivity index (χ3n) is 2.30. The lowest BCUT2D eigenvalue weighted by molar-refractivity contribution is -0.142. The van der Waals surface area contributed by atoms with Crippen molar-refractivity contribution in [3.8, 4) is 16.9 Å². The Labute approximate surface area is 109 Å². The largest absolute Gasteiger partial charge is 0.496 e. The van der Waals surface area contributed by atoms with Crippen LogP contribution < -0.4 is 4.74 Å². The van der Waals surface area contributed by atoms with E-state index in [9.17, 15) is 13.2 Å². The molecule has 0 atom stereocenters. The maximum atomic E-state index is 12.7. The van der Waals surface area contributed by atoms with Crippen LogP contribution in [0.15, 0.2) is 33.5 Å². The van der Waals surface area contributed by atoms with Gasteiger partial charge < -0.3 is 9.26 Å². The van der Waals surface area contributed by atoms with Gasteiger partial charge in [0.1, 0.15) is 12.0 Å². The first kappa shape index (κ1) is 12.9. The van der Waals surface area contributed by atoms with E-state index in [4.69, 9.17) is 4.74 Å². The average Bonchev–Trinajstić information content (AvgIpc) is 2.77. The van der Waals surface area contributed by atoms with Crippen molar-refractivity contribution in [1.82, 2.24) is 5.16 Å². The summed E-state index contributed by atoms with van der Waals surface area (Å²) in [5.41, 5.74) is -0.804. The molecular formula is C11H7BrF3NO2. The van der Waals surface area contributed by atoms with Crippen molar-refractivity contribution in [2.24, 2.45) is 0 Å². The molecule has 0 N–H and O–H groups in total. The van der Waals surface area contributed by atoms with Gasteiger partial charge in [-0.1, -0.05) is 11.2 Å². The highest BCUT2D eigenvalue weighted by molar-refractivity contribution is 9.10. The van der Waals surface area contributed by atoms with Gasteiger partial charge in [0, 0.05) is 0 Å². The number of ether oxygens (including phenoxy) is 1. The molecule has 0 fully saturated rings. The van der Waals surface area contributed by atoms with Gasteiger partial charge in [0.15, 0.2) is 5.69 Å². The molecular weight excluding hydrogens is 315 g/mol. The number of benzene rings is 1. The molecule has 1 heterocycles. The minimum atomic E-state index is -4.55. The molecule has 0 amide bonds. The normalized spacial score (nSPS) is 11.6. The standard InChI is InChI=1S/C11H7BrF3NO2/c1-17-9-3-2-6(4-8(9)12)7-5-18-16-10(7)11(13,14)15/h2-5H,1H3. The van der Waals surface area contributed by atoms with E-state index in [-0.39, 0.29) is 5.56 Å². The molecule has 1 aromatic carbocycles. The molecule has 7 heteroatoms. The highest BCUT2D eigenvalue weighted by Crippen LogP contribution is 2.38. The van der Waals surface area contributed by atoms with Crippen molar-refractivity contribution in [1.29, 1.82) is 0 Å². The lowest BCUT2D eigenvalue weighted by Gasteiger charge is -2.07. The summed E-state index contributed by atoms with van der Waals surface area (Å²) in [6.07, 6.45) is -3.58. The van der Waals surface area contributed by atoms with Crippen molar-refractivity contribution in [2.75, 3.05) is 7.11 Å². The first-order valence-corrected chi connectivity index (χ1v) is 5.58. The van der Waals surface area contributed by atoms with Crippen molar-refractivity contribution in [3.05, 3.63) is 34.6 Å². The number of nitrogens with zero attached hydrogens (tertiary/aromatic N) is 1. The highest BCUT2D eigenvalue weighted by atomic mass is 79.9. The lowest BCUT2D eigenvalue weighted by atomic mass is 10.1. The van der Waals surface area contributed by atoms with Crippen LogP contribution in [0.5, 0.6) is 5.75 Å². The van der Waals surface area contributed by atoms with Crippen molar-refractivity contribution in [2.45, 2.75) is 6.18 Å². The summed E-state index contributed by atoms with van der Waals surface area (Å²) in [4.78, 5) is 0. The predicted molar refractivity (Wildman–Crippen MR) is 61.2 cm³/mol. The van der Waals surface area contributed by atoms with Gasteiger partial charge in [0.05, 0.1) is 17.1 Å². The summed E-state index contributed by atoms with van der Waals surface area (Å²) in [5.74, 6) is 0.531. The van der Waals surface area contributed by atoms with Crippen LogP contribution in [0.3, 0.4) is 0 Å². The van der Waals surface area contributed by atoms with Gasteiger partial charge in [-0.3, -0.25) is 0 Å². The van der Waals surface area contributed by atoms with E-state index in [1.807, 2.05) is 0 Å². The van der Waals surface area contributed by atoms with E-state index in [0.29, 0.717) is 15.8 Å². The quantitative estimate of drug-likeness (QED) is 0.834. The second kappa shape index (κ2) is 4.64. The Morgan fingerprint density at radius 3 is 2.61 bits per heavy atom. The lowest BCUT2D eigenvalue weighted by Crippen LogP contribution is -2.06. The Hall–Kier alpha value is -1.50. The van der Waals surface area contributed by atoms with Crippen molar-refractivity contribution < 1.29 is 22.4 Å². The number of hydrogen-bond donors (Lipinski definition) is 0. The molecule has 0 aliphatic rings. The topological polar surface area (TPSA) is 35.3 Å². The van der Waals surface area contributed by atoms with E-state index < -0.39 is 11.9 Å². The first-order chi connectivity index (χ1) is 8.43. The maximum absolute atomic E-state index is 12.7. The molecule has 18 heavy (non-hydrogen) atoms. The fourth-order valence-corrected chi connectivity index (χ4v) is 2.02. The zero-order valence-corrected chi connectivity index (χ0v) is 10.7. The Bertz CT molecular complexity index is 566. The van der Waals surface area contributed by atoms with Crippen LogP contribution in [0.4, 0.5) is 13.2 Å². The van der Waals surface area contributed by atoms with Crippen molar-refractivity contribution >= 4 is 15.9 Å². The average molecular weight is 322 g/mol. The number of methoxy groups -OCH3 is 1. The van der Waals surface area contributed by atoms with Gasteiger partial charge in [-0.25, -0.2) is 0 Å². The molecule has 0 bridgehead atoms. The predicted octanol–water partition coefficient (Wildman–Crippen LogP) is 4.13. The molecule has 0 spiro atoms. The fourth-order valence-electron chi connectivity index (χ4n) is 1.48. The Balaban J connectivity index is 2.50. The summed E-state index contributed by atoms with van der Waals surface area (Å²) in [7, 11) is 1.47. The summed E-state index contributed by atoms with van der Waals surface area (Å²) in [6, 6.07) is 4.58. The minimum Gasteiger partial charge on any atom is -0.496 e. The zero-order chi connectivity index (χ0) is 13.3. The Morgan fingerprint density at radius 2 is 2.06 bits per heavy atom. The molecule has 96 valence electrons. The van der Waals surface area contributed by atoms with Crippen molar-refractivity contribution in [3.63, 3.8) is 0 Å². The molecule has 2 aromatic rings. The van der Waals surface area contributed by atoms with Gasteiger partial charge >= 0.3 is 6.18 Å².